The lowest BCUT2D eigenvalue weighted by atomic mass is 9.93. The second kappa shape index (κ2) is 2.08. The van der Waals surface area contributed by atoms with Crippen LogP contribution in [0.15, 0.2) is 9.66 Å². The van der Waals surface area contributed by atoms with E-state index in [2.05, 4.69) is 36.4 Å². The molecule has 1 aliphatic rings. The summed E-state index contributed by atoms with van der Waals surface area (Å²) in [6.45, 7) is 4.16. The van der Waals surface area contributed by atoms with Crippen molar-refractivity contribution in [3.63, 3.8) is 0 Å². The van der Waals surface area contributed by atoms with Crippen molar-refractivity contribution in [3.8, 4) is 0 Å². The lowest BCUT2D eigenvalue weighted by Gasteiger charge is -2.10. The van der Waals surface area contributed by atoms with E-state index in [9.17, 15) is 4.79 Å². The van der Waals surface area contributed by atoms with Crippen LogP contribution < -0.4 is 0 Å². The van der Waals surface area contributed by atoms with E-state index in [1.807, 2.05) is 6.08 Å². The number of allylic oxidation sites excluding steroid dienone is 2. The highest BCUT2D eigenvalue weighted by Gasteiger charge is 2.28. The average molecular weight is 236 g/mol. The van der Waals surface area contributed by atoms with Crippen LogP contribution in [0.5, 0.6) is 0 Å². The average Bonchev–Trinajstić information content (AvgIpc) is 1.79. The Balaban J connectivity index is 2.86. The molecule has 0 heterocycles. The van der Waals surface area contributed by atoms with E-state index < -0.39 is 0 Å². The number of carbonyl (C=O) groups excluding carboxylic acids is 1. The van der Waals surface area contributed by atoms with Gasteiger partial charge in [-0.2, -0.15) is 0 Å². The molecule has 0 aliphatic heterocycles. The summed E-state index contributed by atoms with van der Waals surface area (Å²) >= 11 is 2.09. The van der Waals surface area contributed by atoms with Gasteiger partial charge in [0.25, 0.3) is 0 Å². The fraction of sp³-hybridized carbons (Fsp3) is 0.571. The third-order valence-corrected chi connectivity index (χ3v) is 2.31. The molecule has 1 nitrogen and oxygen atoms in total. The van der Waals surface area contributed by atoms with Gasteiger partial charge in [-0.05, 0) is 28.0 Å². The summed E-state index contributed by atoms with van der Waals surface area (Å²) in [6.07, 6.45) is 2.72. The van der Waals surface area contributed by atoms with Crippen molar-refractivity contribution in [2.24, 2.45) is 5.41 Å². The summed E-state index contributed by atoms with van der Waals surface area (Å²) in [5.41, 5.74) is 0.119. The molecule has 0 amide bonds. The Hall–Kier alpha value is 0.140. The number of ketones is 1. The molecule has 1 aliphatic carbocycles. The molecule has 2 heteroatoms. The van der Waals surface area contributed by atoms with E-state index in [-0.39, 0.29) is 5.41 Å². The molecule has 0 aromatic carbocycles. The minimum Gasteiger partial charge on any atom is -0.294 e. The van der Waals surface area contributed by atoms with E-state index >= 15 is 0 Å². The van der Waals surface area contributed by atoms with Gasteiger partial charge in [-0.3, -0.25) is 4.79 Å². The summed E-state index contributed by atoms with van der Waals surface area (Å²) in [5, 5.41) is 0. The van der Waals surface area contributed by atoms with Crippen molar-refractivity contribution in [2.45, 2.75) is 20.3 Å². The van der Waals surface area contributed by atoms with Gasteiger partial charge in [-0.25, -0.2) is 0 Å². The van der Waals surface area contributed by atoms with Gasteiger partial charge in [-0.1, -0.05) is 19.9 Å². The summed E-state index contributed by atoms with van der Waals surface area (Å²) < 4.78 is 0.901. The van der Waals surface area contributed by atoms with Gasteiger partial charge in [0.15, 0.2) is 5.78 Å². The first-order valence-electron chi connectivity index (χ1n) is 2.93. The summed E-state index contributed by atoms with van der Waals surface area (Å²) in [5.74, 6) is 0.292. The monoisotopic (exact) mass is 236 g/mol. The molecule has 0 fully saturated rings. The topological polar surface area (TPSA) is 17.1 Å². The van der Waals surface area contributed by atoms with Crippen LogP contribution in [-0.2, 0) is 4.79 Å². The fourth-order valence-corrected chi connectivity index (χ4v) is 2.01. The van der Waals surface area contributed by atoms with Crippen molar-refractivity contribution in [1.29, 1.82) is 0 Å². The zero-order valence-corrected chi connectivity index (χ0v) is 7.73. The highest BCUT2D eigenvalue weighted by Crippen LogP contribution is 2.34. The molecule has 0 atom stereocenters. The quantitative estimate of drug-likeness (QED) is 0.590. The number of carbonyl (C=O) groups is 1. The van der Waals surface area contributed by atoms with Crippen LogP contribution in [-0.4, -0.2) is 5.78 Å². The van der Waals surface area contributed by atoms with Crippen molar-refractivity contribution >= 4 is 28.4 Å². The molecule has 0 bridgehead atoms. The maximum absolute atomic E-state index is 10.9. The zero-order valence-electron chi connectivity index (χ0n) is 5.57. The number of halogens is 1. The minimum absolute atomic E-state index is 0.119. The summed E-state index contributed by atoms with van der Waals surface area (Å²) in [4.78, 5) is 10.9. The van der Waals surface area contributed by atoms with E-state index in [1.54, 1.807) is 0 Å². The van der Waals surface area contributed by atoms with Crippen molar-refractivity contribution in [2.75, 3.05) is 0 Å². The third-order valence-electron chi connectivity index (χ3n) is 1.40. The van der Waals surface area contributed by atoms with Gasteiger partial charge in [0, 0.05) is 6.42 Å². The standard InChI is InChI=1S/C7H9IO/c1-7(2)3-5(8)6(9)4-7/h3H,4H2,1-2H3. The molecule has 0 saturated carbocycles. The molecular formula is C7H9IO. The molecular weight excluding hydrogens is 227 g/mol. The van der Waals surface area contributed by atoms with Crippen LogP contribution in [0.2, 0.25) is 0 Å². The molecule has 0 aromatic rings. The zero-order chi connectivity index (χ0) is 7.07. The Labute approximate surface area is 68.7 Å². The Morgan fingerprint density at radius 3 is 2.33 bits per heavy atom. The number of hydrogen-bond acceptors (Lipinski definition) is 1. The minimum atomic E-state index is 0.119. The summed E-state index contributed by atoms with van der Waals surface area (Å²) in [7, 11) is 0. The first-order chi connectivity index (χ1) is 4.01. The van der Waals surface area contributed by atoms with E-state index in [0.29, 0.717) is 12.2 Å². The maximum atomic E-state index is 10.9. The normalized spacial score (nSPS) is 24.3. The van der Waals surface area contributed by atoms with Gasteiger partial charge in [0.05, 0.1) is 3.58 Å². The fourth-order valence-electron chi connectivity index (χ4n) is 0.973. The van der Waals surface area contributed by atoms with Crippen molar-refractivity contribution < 1.29 is 4.79 Å². The highest BCUT2D eigenvalue weighted by molar-refractivity contribution is 14.1. The molecule has 0 saturated heterocycles. The first-order valence-corrected chi connectivity index (χ1v) is 4.01. The van der Waals surface area contributed by atoms with Gasteiger partial charge in [0.2, 0.25) is 0 Å². The number of rotatable bonds is 0. The molecule has 0 aromatic heterocycles. The van der Waals surface area contributed by atoms with E-state index in [1.165, 1.54) is 0 Å². The van der Waals surface area contributed by atoms with Crippen molar-refractivity contribution in [3.05, 3.63) is 9.66 Å². The number of Topliss-reactive ketones (excluding diaryl/α,β-unsaturated/α-hetero) is 1. The number of hydrogen-bond donors (Lipinski definition) is 0. The van der Waals surface area contributed by atoms with Gasteiger partial charge >= 0.3 is 0 Å². The lowest BCUT2D eigenvalue weighted by Crippen LogP contribution is -2.04. The summed E-state index contributed by atoms with van der Waals surface area (Å²) in [6, 6.07) is 0. The lowest BCUT2D eigenvalue weighted by molar-refractivity contribution is -0.115. The van der Waals surface area contributed by atoms with Crippen LogP contribution in [0.25, 0.3) is 0 Å². The van der Waals surface area contributed by atoms with Crippen LogP contribution in [0, 0.1) is 5.41 Å². The molecule has 0 radical (unpaired) electrons. The Morgan fingerprint density at radius 1 is 1.67 bits per heavy atom. The maximum Gasteiger partial charge on any atom is 0.169 e. The smallest absolute Gasteiger partial charge is 0.169 e. The van der Waals surface area contributed by atoms with Gasteiger partial charge in [0.1, 0.15) is 0 Å². The Kier molecular flexibility index (Phi) is 1.67. The van der Waals surface area contributed by atoms with Crippen LogP contribution >= 0.6 is 22.6 Å². The predicted octanol–water partition coefficient (Wildman–Crippen LogP) is 2.30. The Morgan fingerprint density at radius 2 is 2.22 bits per heavy atom. The largest absolute Gasteiger partial charge is 0.294 e. The second-order valence-corrected chi connectivity index (χ2v) is 4.24. The van der Waals surface area contributed by atoms with Crippen LogP contribution in [0.3, 0.4) is 0 Å². The highest BCUT2D eigenvalue weighted by atomic mass is 127. The second-order valence-electron chi connectivity index (χ2n) is 3.08. The van der Waals surface area contributed by atoms with E-state index in [4.69, 9.17) is 0 Å². The Bertz CT molecular complexity index is 179. The molecule has 0 unspecified atom stereocenters. The molecule has 0 spiro atoms. The molecule has 0 N–H and O–H groups in total. The van der Waals surface area contributed by atoms with Gasteiger partial charge in [-0.15, -0.1) is 0 Å². The SMILES string of the molecule is CC1(C)C=C(I)C(=O)C1. The van der Waals surface area contributed by atoms with Crippen LogP contribution in [0.4, 0.5) is 0 Å². The van der Waals surface area contributed by atoms with Crippen LogP contribution in [0.1, 0.15) is 20.3 Å². The predicted molar refractivity (Wildman–Crippen MR) is 45.5 cm³/mol. The molecule has 1 rings (SSSR count). The van der Waals surface area contributed by atoms with E-state index in [0.717, 1.165) is 3.58 Å². The molecule has 50 valence electrons. The van der Waals surface area contributed by atoms with Crippen molar-refractivity contribution in [1.82, 2.24) is 0 Å². The third kappa shape index (κ3) is 1.53. The first kappa shape index (κ1) is 7.25. The molecule has 9 heavy (non-hydrogen) atoms. The van der Waals surface area contributed by atoms with Gasteiger partial charge < -0.3 is 0 Å².